The predicted molar refractivity (Wildman–Crippen MR) is 162 cm³/mol. The molecule has 3 aromatic carbocycles. The minimum atomic E-state index is -3.92. The lowest BCUT2D eigenvalue weighted by atomic mass is 10.0. The van der Waals surface area contributed by atoms with E-state index in [0.29, 0.717) is 12.1 Å². The Bertz CT molecular complexity index is 1450. The number of hydrogen-bond donors (Lipinski definition) is 1. The average molecular weight is 578 g/mol. The predicted octanol–water partition coefficient (Wildman–Crippen LogP) is 4.38. The van der Waals surface area contributed by atoms with E-state index in [4.69, 9.17) is 0 Å². The van der Waals surface area contributed by atoms with E-state index in [2.05, 4.69) is 5.32 Å². The molecule has 2 amide bonds. The van der Waals surface area contributed by atoms with Crippen LogP contribution in [0.3, 0.4) is 0 Å². The number of nitrogens with one attached hydrogen (secondary N) is 1. The van der Waals surface area contributed by atoms with Gasteiger partial charge in [0.25, 0.3) is 0 Å². The number of carbonyl (C=O) groups excluding carboxylic acids is 3. The van der Waals surface area contributed by atoms with Gasteiger partial charge in [-0.2, -0.15) is 0 Å². The molecule has 1 N–H and O–H groups in total. The molecular formula is C32H39N3O5S. The Labute approximate surface area is 243 Å². The molecule has 0 spiro atoms. The van der Waals surface area contributed by atoms with Crippen molar-refractivity contribution in [1.82, 2.24) is 10.2 Å². The third-order valence-corrected chi connectivity index (χ3v) is 7.79. The minimum Gasteiger partial charge on any atom is -0.354 e. The normalized spacial score (nSPS) is 12.0. The summed E-state index contributed by atoms with van der Waals surface area (Å²) in [5.74, 6) is -0.874. The molecule has 8 nitrogen and oxygen atoms in total. The summed E-state index contributed by atoms with van der Waals surface area (Å²) in [6.07, 6.45) is 1.27. The summed E-state index contributed by atoms with van der Waals surface area (Å²) < 4.78 is 26.8. The second-order valence-corrected chi connectivity index (χ2v) is 12.6. The molecule has 0 aromatic heterocycles. The van der Waals surface area contributed by atoms with Crippen molar-refractivity contribution >= 4 is 33.3 Å². The summed E-state index contributed by atoms with van der Waals surface area (Å²) in [7, 11) is -3.92. The number of rotatable bonds is 13. The third kappa shape index (κ3) is 9.28. The zero-order valence-electron chi connectivity index (χ0n) is 24.3. The van der Waals surface area contributed by atoms with Crippen molar-refractivity contribution in [2.45, 2.75) is 46.7 Å². The summed E-state index contributed by atoms with van der Waals surface area (Å²) in [4.78, 5) is 41.2. The molecule has 0 aliphatic rings. The van der Waals surface area contributed by atoms with Gasteiger partial charge in [0.15, 0.2) is 5.78 Å². The van der Waals surface area contributed by atoms with Gasteiger partial charge in [-0.05, 0) is 43.0 Å². The van der Waals surface area contributed by atoms with Gasteiger partial charge in [0.2, 0.25) is 21.8 Å². The van der Waals surface area contributed by atoms with Crippen LogP contribution in [-0.2, 0) is 32.6 Å². The third-order valence-electron chi connectivity index (χ3n) is 6.65. The van der Waals surface area contributed by atoms with Gasteiger partial charge in [0.1, 0.15) is 12.6 Å². The fourth-order valence-electron chi connectivity index (χ4n) is 4.36. The zero-order valence-corrected chi connectivity index (χ0v) is 25.1. The Morgan fingerprint density at radius 3 is 2.12 bits per heavy atom. The highest BCUT2D eigenvalue weighted by Gasteiger charge is 2.33. The summed E-state index contributed by atoms with van der Waals surface area (Å²) >= 11 is 0. The van der Waals surface area contributed by atoms with Crippen LogP contribution in [0.5, 0.6) is 0 Å². The number of amides is 2. The summed E-state index contributed by atoms with van der Waals surface area (Å²) in [5, 5.41) is 2.97. The number of hydrogen-bond acceptors (Lipinski definition) is 5. The van der Waals surface area contributed by atoms with Crippen LogP contribution in [0, 0.1) is 12.8 Å². The van der Waals surface area contributed by atoms with Gasteiger partial charge in [-0.1, -0.05) is 86.1 Å². The Morgan fingerprint density at radius 2 is 1.54 bits per heavy atom. The van der Waals surface area contributed by atoms with Gasteiger partial charge in [-0.25, -0.2) is 8.42 Å². The van der Waals surface area contributed by atoms with E-state index in [1.54, 1.807) is 18.2 Å². The van der Waals surface area contributed by atoms with Gasteiger partial charge in [0, 0.05) is 25.1 Å². The second-order valence-electron chi connectivity index (χ2n) is 10.7. The molecule has 1 atom stereocenters. The molecule has 0 fully saturated rings. The fourth-order valence-corrected chi connectivity index (χ4v) is 5.20. The number of anilines is 1. The Kier molecular flexibility index (Phi) is 10.8. The lowest BCUT2D eigenvalue weighted by Crippen LogP contribution is -2.53. The molecule has 3 rings (SSSR count). The van der Waals surface area contributed by atoms with E-state index in [9.17, 15) is 22.8 Å². The van der Waals surface area contributed by atoms with Crippen molar-refractivity contribution in [3.8, 4) is 0 Å². The molecule has 0 aliphatic heterocycles. The molecule has 0 saturated heterocycles. The first kappa shape index (κ1) is 31.5. The van der Waals surface area contributed by atoms with Crippen LogP contribution < -0.4 is 9.62 Å². The van der Waals surface area contributed by atoms with Crippen molar-refractivity contribution < 1.29 is 22.8 Å². The number of sulfonamides is 1. The van der Waals surface area contributed by atoms with Gasteiger partial charge < -0.3 is 10.2 Å². The van der Waals surface area contributed by atoms with E-state index in [1.165, 1.54) is 17.9 Å². The molecule has 218 valence electrons. The first-order valence-electron chi connectivity index (χ1n) is 13.6. The van der Waals surface area contributed by atoms with Crippen molar-refractivity contribution in [1.29, 1.82) is 0 Å². The molecule has 0 radical (unpaired) electrons. The molecular weight excluding hydrogens is 538 g/mol. The summed E-state index contributed by atoms with van der Waals surface area (Å²) in [5.41, 5.74) is 3.26. The van der Waals surface area contributed by atoms with Gasteiger partial charge >= 0.3 is 0 Å². The van der Waals surface area contributed by atoms with Gasteiger partial charge in [0.05, 0.1) is 11.9 Å². The van der Waals surface area contributed by atoms with E-state index in [-0.39, 0.29) is 36.3 Å². The van der Waals surface area contributed by atoms with Crippen LogP contribution in [0.1, 0.15) is 47.8 Å². The van der Waals surface area contributed by atoms with Crippen molar-refractivity contribution in [3.05, 3.63) is 101 Å². The summed E-state index contributed by atoms with van der Waals surface area (Å²) in [6.45, 7) is 7.34. The molecule has 9 heteroatoms. The number of nitrogens with zero attached hydrogens (tertiary/aromatic N) is 2. The number of benzene rings is 3. The van der Waals surface area contributed by atoms with Crippen LogP contribution in [0.2, 0.25) is 0 Å². The second kappa shape index (κ2) is 14.1. The smallest absolute Gasteiger partial charge is 0.244 e. The van der Waals surface area contributed by atoms with Gasteiger partial charge in [-0.3, -0.25) is 18.7 Å². The SMILES string of the molecule is CC(=O)c1cccc(N(CC(=O)N(Cc2ccc(C)cc2)C(Cc2ccccc2)C(=O)NCC(C)C)S(C)(=O)=O)c1. The average Bonchev–Trinajstić information content (AvgIpc) is 2.93. The first-order valence-corrected chi connectivity index (χ1v) is 15.5. The van der Waals surface area contributed by atoms with Crippen LogP contribution in [0.4, 0.5) is 5.69 Å². The Hall–Kier alpha value is -3.98. The monoisotopic (exact) mass is 577 g/mol. The molecule has 41 heavy (non-hydrogen) atoms. The lowest BCUT2D eigenvalue weighted by Gasteiger charge is -2.33. The molecule has 1 unspecified atom stereocenters. The highest BCUT2D eigenvalue weighted by atomic mass is 32.2. The zero-order chi connectivity index (χ0) is 30.2. The maximum absolute atomic E-state index is 14.1. The maximum atomic E-state index is 14.1. The molecule has 0 heterocycles. The highest BCUT2D eigenvalue weighted by Crippen LogP contribution is 2.22. The van der Waals surface area contributed by atoms with E-state index in [0.717, 1.165) is 27.3 Å². The van der Waals surface area contributed by atoms with Crippen LogP contribution in [0.15, 0.2) is 78.9 Å². The lowest BCUT2D eigenvalue weighted by molar-refractivity contribution is -0.140. The maximum Gasteiger partial charge on any atom is 0.244 e. The fraction of sp³-hybridized carbons (Fsp3) is 0.344. The quantitative estimate of drug-likeness (QED) is 0.304. The Morgan fingerprint density at radius 1 is 0.878 bits per heavy atom. The highest BCUT2D eigenvalue weighted by molar-refractivity contribution is 7.92. The van der Waals surface area contributed by atoms with E-state index >= 15 is 0 Å². The molecule has 0 aliphatic carbocycles. The van der Waals surface area contributed by atoms with Crippen molar-refractivity contribution in [2.24, 2.45) is 5.92 Å². The topological polar surface area (TPSA) is 104 Å². The van der Waals surface area contributed by atoms with Crippen molar-refractivity contribution in [3.63, 3.8) is 0 Å². The standard InChI is InChI=1S/C32H39N3O5S/c1-23(2)20-33-32(38)30(18-26-10-7-6-8-11-26)34(21-27-16-14-24(3)15-17-27)31(37)22-35(41(5,39)40)29-13-9-12-28(19-29)25(4)36/h6-17,19,23,30H,18,20-22H2,1-5H3,(H,33,38). The number of ketones is 1. The molecule has 0 saturated carbocycles. The van der Waals surface area contributed by atoms with Crippen LogP contribution >= 0.6 is 0 Å². The van der Waals surface area contributed by atoms with Crippen molar-refractivity contribution in [2.75, 3.05) is 23.7 Å². The summed E-state index contributed by atoms with van der Waals surface area (Å²) in [6, 6.07) is 22.3. The minimum absolute atomic E-state index is 0.108. The number of Topliss-reactive ketones (excluding diaryl/α,β-unsaturated/α-hetero) is 1. The molecule has 3 aromatic rings. The van der Waals surface area contributed by atoms with Crippen LogP contribution in [0.25, 0.3) is 0 Å². The first-order chi connectivity index (χ1) is 19.3. The Balaban J connectivity index is 2.06. The largest absolute Gasteiger partial charge is 0.354 e. The number of carbonyl (C=O) groups is 3. The van der Waals surface area contributed by atoms with E-state index < -0.39 is 28.5 Å². The van der Waals surface area contributed by atoms with Crippen LogP contribution in [-0.4, -0.2) is 56.3 Å². The number of aryl methyl sites for hydroxylation is 1. The van der Waals surface area contributed by atoms with Gasteiger partial charge in [-0.15, -0.1) is 0 Å². The molecule has 0 bridgehead atoms. The van der Waals surface area contributed by atoms with E-state index in [1.807, 2.05) is 75.4 Å².